The molecule has 0 aliphatic carbocycles. The molecule has 0 N–H and O–H groups in total. The van der Waals surface area contributed by atoms with E-state index in [0.717, 1.165) is 109 Å². The number of esters is 3. The van der Waals surface area contributed by atoms with Crippen LogP contribution < -0.4 is 0 Å². The minimum Gasteiger partial charge on any atom is -0.462 e. The fourth-order valence-corrected chi connectivity index (χ4v) is 8.19. The van der Waals surface area contributed by atoms with Crippen molar-refractivity contribution in [1.82, 2.24) is 0 Å². The third-order valence-electron chi connectivity index (χ3n) is 12.5. The largest absolute Gasteiger partial charge is 0.462 e. The number of allylic oxidation sites excluding steroid dienone is 10. The molecule has 67 heavy (non-hydrogen) atoms. The highest BCUT2D eigenvalue weighted by atomic mass is 16.6. The van der Waals surface area contributed by atoms with Crippen molar-refractivity contribution in [2.24, 2.45) is 0 Å². The van der Waals surface area contributed by atoms with Crippen LogP contribution >= 0.6 is 0 Å². The van der Waals surface area contributed by atoms with Crippen molar-refractivity contribution >= 4 is 17.9 Å². The fraction of sp³-hybridized carbons (Fsp3) is 0.787. The van der Waals surface area contributed by atoms with Crippen LogP contribution in [0, 0.1) is 0 Å². The Morgan fingerprint density at radius 1 is 0.313 bits per heavy atom. The number of ether oxygens (including phenoxy) is 3. The van der Waals surface area contributed by atoms with E-state index < -0.39 is 6.10 Å². The minimum absolute atomic E-state index is 0.0817. The molecule has 0 saturated carbocycles. The summed E-state index contributed by atoms with van der Waals surface area (Å²) < 4.78 is 16.9. The highest BCUT2D eigenvalue weighted by molar-refractivity contribution is 5.71. The van der Waals surface area contributed by atoms with Crippen LogP contribution in [0.15, 0.2) is 60.8 Å². The van der Waals surface area contributed by atoms with Crippen molar-refractivity contribution in [3.05, 3.63) is 60.8 Å². The number of rotatable bonds is 52. The molecule has 6 heteroatoms. The maximum atomic E-state index is 12.9. The zero-order valence-corrected chi connectivity index (χ0v) is 44.4. The van der Waals surface area contributed by atoms with E-state index in [-0.39, 0.29) is 31.1 Å². The Kier molecular flexibility index (Phi) is 53.3. The zero-order chi connectivity index (χ0) is 48.6. The van der Waals surface area contributed by atoms with E-state index in [1.807, 2.05) is 0 Å². The molecule has 0 heterocycles. The molecule has 0 radical (unpaired) electrons. The molecule has 6 nitrogen and oxygen atoms in total. The molecule has 0 spiro atoms. The highest BCUT2D eigenvalue weighted by Crippen LogP contribution is 2.16. The van der Waals surface area contributed by atoms with Crippen molar-refractivity contribution in [1.29, 1.82) is 0 Å². The summed E-state index contributed by atoms with van der Waals surface area (Å²) in [7, 11) is 0. The van der Waals surface area contributed by atoms with E-state index in [4.69, 9.17) is 14.2 Å². The van der Waals surface area contributed by atoms with Gasteiger partial charge in [0.05, 0.1) is 0 Å². The van der Waals surface area contributed by atoms with Gasteiger partial charge in [0.1, 0.15) is 13.2 Å². The lowest BCUT2D eigenvalue weighted by atomic mass is 10.0. The molecule has 0 aromatic heterocycles. The van der Waals surface area contributed by atoms with Crippen LogP contribution in [0.3, 0.4) is 0 Å². The van der Waals surface area contributed by atoms with Gasteiger partial charge in [-0.05, 0) is 83.5 Å². The van der Waals surface area contributed by atoms with Crippen LogP contribution in [-0.2, 0) is 28.6 Å². The van der Waals surface area contributed by atoms with E-state index in [2.05, 4.69) is 81.5 Å². The second kappa shape index (κ2) is 55.7. The molecule has 0 aliphatic rings. The molecule has 1 atom stereocenters. The van der Waals surface area contributed by atoms with Crippen molar-refractivity contribution in [2.45, 2.75) is 297 Å². The Bertz CT molecular complexity index is 1210. The Morgan fingerprint density at radius 3 is 0.925 bits per heavy atom. The maximum absolute atomic E-state index is 12.9. The topological polar surface area (TPSA) is 78.9 Å². The van der Waals surface area contributed by atoms with Gasteiger partial charge in [-0.25, -0.2) is 0 Å². The van der Waals surface area contributed by atoms with Gasteiger partial charge in [0.25, 0.3) is 0 Å². The van der Waals surface area contributed by atoms with E-state index in [1.54, 1.807) is 0 Å². The molecule has 0 bridgehead atoms. The lowest BCUT2D eigenvalue weighted by Crippen LogP contribution is -2.30. The molecule has 0 aliphatic heterocycles. The Morgan fingerprint density at radius 2 is 0.582 bits per heavy atom. The van der Waals surface area contributed by atoms with Gasteiger partial charge in [-0.1, -0.05) is 248 Å². The van der Waals surface area contributed by atoms with Crippen molar-refractivity contribution in [3.8, 4) is 0 Å². The van der Waals surface area contributed by atoms with Crippen LogP contribution in [0.2, 0.25) is 0 Å². The second-order valence-corrected chi connectivity index (χ2v) is 19.2. The van der Waals surface area contributed by atoms with Crippen LogP contribution in [-0.4, -0.2) is 37.2 Å². The third-order valence-corrected chi connectivity index (χ3v) is 12.5. The van der Waals surface area contributed by atoms with Crippen LogP contribution in [0.4, 0.5) is 0 Å². The van der Waals surface area contributed by atoms with Gasteiger partial charge in [-0.15, -0.1) is 0 Å². The molecule has 388 valence electrons. The predicted molar refractivity (Wildman–Crippen MR) is 288 cm³/mol. The van der Waals surface area contributed by atoms with Crippen LogP contribution in [0.25, 0.3) is 0 Å². The molecule has 0 fully saturated rings. The fourth-order valence-electron chi connectivity index (χ4n) is 8.19. The SMILES string of the molecule is CC/C=C\C/C=C\C/C=C\CCCCCCCC(=O)OCC(COC(=O)CCCCCCCCC/C=C\C/C=C\CCCCCC)OC(=O)CCCCCCCCCCCCCCCCCC. The Balaban J connectivity index is 4.39. The molecule has 0 saturated heterocycles. The zero-order valence-electron chi connectivity index (χ0n) is 44.4. The quantitative estimate of drug-likeness (QED) is 0.0262. The van der Waals surface area contributed by atoms with Crippen LogP contribution in [0.1, 0.15) is 290 Å². The smallest absolute Gasteiger partial charge is 0.306 e. The van der Waals surface area contributed by atoms with Gasteiger partial charge in [0.15, 0.2) is 6.10 Å². The monoisotopic (exact) mass is 937 g/mol. The van der Waals surface area contributed by atoms with E-state index in [0.29, 0.717) is 19.3 Å². The molecule has 0 aromatic carbocycles. The second-order valence-electron chi connectivity index (χ2n) is 19.2. The predicted octanol–water partition coefficient (Wildman–Crippen LogP) is 19.2. The summed E-state index contributed by atoms with van der Waals surface area (Å²) in [5, 5.41) is 0. The van der Waals surface area contributed by atoms with Gasteiger partial charge in [0, 0.05) is 19.3 Å². The normalized spacial score (nSPS) is 12.5. The molecule has 1 unspecified atom stereocenters. The number of carbonyl (C=O) groups excluding carboxylic acids is 3. The van der Waals surface area contributed by atoms with E-state index >= 15 is 0 Å². The minimum atomic E-state index is -0.783. The van der Waals surface area contributed by atoms with Crippen molar-refractivity contribution in [2.75, 3.05) is 13.2 Å². The Hall–Kier alpha value is -2.89. The van der Waals surface area contributed by atoms with Crippen molar-refractivity contribution in [3.63, 3.8) is 0 Å². The molecular weight excluding hydrogens is 829 g/mol. The number of carbonyl (C=O) groups is 3. The van der Waals surface area contributed by atoms with E-state index in [9.17, 15) is 14.4 Å². The first kappa shape index (κ1) is 64.1. The summed E-state index contributed by atoms with van der Waals surface area (Å²) in [6.45, 7) is 6.52. The molecule has 0 aromatic rings. The highest BCUT2D eigenvalue weighted by Gasteiger charge is 2.19. The number of hydrogen-bond donors (Lipinski definition) is 0. The lowest BCUT2D eigenvalue weighted by molar-refractivity contribution is -0.167. The summed E-state index contributed by atoms with van der Waals surface area (Å²) in [4.78, 5) is 38.2. The molecular formula is C61H108O6. The molecule has 0 rings (SSSR count). The molecule has 0 amide bonds. The summed E-state index contributed by atoms with van der Waals surface area (Å²) in [5.41, 5.74) is 0. The summed E-state index contributed by atoms with van der Waals surface area (Å²) in [6, 6.07) is 0. The first-order chi connectivity index (χ1) is 33.0. The average Bonchev–Trinajstić information content (AvgIpc) is 3.33. The summed E-state index contributed by atoms with van der Waals surface area (Å²) in [6.07, 6.45) is 69.2. The standard InChI is InChI=1S/C61H108O6/c1-4-7-10-13-16-19-22-25-28-30-31-34-36-39-42-45-48-51-54-60(63)66-57-58(56-65-59(62)53-50-47-44-41-38-35-32-27-24-21-18-15-12-9-6-3)67-61(64)55-52-49-46-43-40-37-33-29-26-23-20-17-14-11-8-5-2/h9,12,18-19,21-22,27-28,30,32,58H,4-8,10-11,13-17,20,23-26,29,31,33-57H2,1-3H3/b12-9-,21-18-,22-19-,30-28-,32-27-. The maximum Gasteiger partial charge on any atom is 0.306 e. The first-order valence-corrected chi connectivity index (χ1v) is 28.8. The van der Waals surface area contributed by atoms with Gasteiger partial charge in [0.2, 0.25) is 0 Å². The lowest BCUT2D eigenvalue weighted by Gasteiger charge is -2.18. The number of unbranched alkanes of at least 4 members (excludes halogenated alkanes) is 31. The number of hydrogen-bond acceptors (Lipinski definition) is 6. The summed E-state index contributed by atoms with van der Waals surface area (Å²) >= 11 is 0. The van der Waals surface area contributed by atoms with E-state index in [1.165, 1.54) is 141 Å². The first-order valence-electron chi connectivity index (χ1n) is 28.8. The van der Waals surface area contributed by atoms with Gasteiger partial charge in [-0.3, -0.25) is 14.4 Å². The van der Waals surface area contributed by atoms with Crippen molar-refractivity contribution < 1.29 is 28.6 Å². The Labute approximate surface area is 415 Å². The average molecular weight is 938 g/mol. The van der Waals surface area contributed by atoms with Gasteiger partial charge in [-0.2, -0.15) is 0 Å². The summed E-state index contributed by atoms with van der Waals surface area (Å²) in [5.74, 6) is -0.893. The van der Waals surface area contributed by atoms with Crippen LogP contribution in [0.5, 0.6) is 0 Å². The third kappa shape index (κ3) is 53.9. The van der Waals surface area contributed by atoms with Gasteiger partial charge < -0.3 is 14.2 Å². The van der Waals surface area contributed by atoms with Gasteiger partial charge >= 0.3 is 17.9 Å².